The first-order chi connectivity index (χ1) is 13.3. The van der Waals surface area contributed by atoms with Gasteiger partial charge in [0.1, 0.15) is 16.9 Å². The number of benzene rings is 1. The minimum atomic E-state index is -0.325. The highest BCUT2D eigenvalue weighted by Gasteiger charge is 2.17. The van der Waals surface area contributed by atoms with Gasteiger partial charge < -0.3 is 10.6 Å². The number of nitrogens with zero attached hydrogens (tertiary/aromatic N) is 2. The van der Waals surface area contributed by atoms with E-state index in [1.165, 1.54) is 23.5 Å². The fraction of sp³-hybridized carbons (Fsp3) is 0.350. The van der Waals surface area contributed by atoms with Gasteiger partial charge in [0, 0.05) is 11.4 Å². The summed E-state index contributed by atoms with van der Waals surface area (Å²) in [4.78, 5) is 27.2. The Bertz CT molecular complexity index is 887. The van der Waals surface area contributed by atoms with E-state index in [0.29, 0.717) is 23.7 Å². The molecule has 0 aliphatic rings. The average molecular weight is 402 g/mol. The molecule has 0 saturated carbocycles. The molecule has 0 bridgehead atoms. The van der Waals surface area contributed by atoms with Gasteiger partial charge in [-0.05, 0) is 43.7 Å². The van der Waals surface area contributed by atoms with Gasteiger partial charge in [0.2, 0.25) is 11.8 Å². The number of aryl methyl sites for hydroxylation is 1. The minimum Gasteiger partial charge on any atom is -0.351 e. The zero-order valence-corrected chi connectivity index (χ0v) is 17.0. The first-order valence-corrected chi connectivity index (χ1v) is 9.69. The largest absolute Gasteiger partial charge is 0.351 e. The van der Waals surface area contributed by atoms with Crippen LogP contribution in [0.2, 0.25) is 0 Å². The minimum absolute atomic E-state index is 0.0430. The van der Waals surface area contributed by atoms with Gasteiger partial charge in [-0.1, -0.05) is 19.1 Å². The number of rotatable bonds is 8. The standard InChI is InChI=1S/C20H23FN4O2S/c1-4-25(11-18(26)23-10-15-5-7-16(21)8-6-15)12-19(27)24-20-17(9-22)13(2)14(3)28-20/h5-8H,4,10-12H2,1-3H3,(H,23,26)(H,24,27). The molecule has 0 atom stereocenters. The summed E-state index contributed by atoms with van der Waals surface area (Å²) in [5.41, 5.74) is 2.15. The van der Waals surface area contributed by atoms with E-state index < -0.39 is 0 Å². The van der Waals surface area contributed by atoms with Crippen LogP contribution in [0.4, 0.5) is 9.39 Å². The number of nitriles is 1. The molecule has 2 aromatic rings. The highest BCUT2D eigenvalue weighted by atomic mass is 32.1. The molecule has 28 heavy (non-hydrogen) atoms. The Morgan fingerprint density at radius 3 is 2.43 bits per heavy atom. The van der Waals surface area contributed by atoms with Crippen molar-refractivity contribution < 1.29 is 14.0 Å². The van der Waals surface area contributed by atoms with Crippen LogP contribution in [-0.4, -0.2) is 36.3 Å². The summed E-state index contributed by atoms with van der Waals surface area (Å²) in [6.07, 6.45) is 0. The van der Waals surface area contributed by atoms with Gasteiger partial charge in [-0.15, -0.1) is 11.3 Å². The highest BCUT2D eigenvalue weighted by molar-refractivity contribution is 7.16. The molecular formula is C20H23FN4O2S. The quantitative estimate of drug-likeness (QED) is 0.711. The zero-order chi connectivity index (χ0) is 20.7. The fourth-order valence-corrected chi connectivity index (χ4v) is 3.59. The second-order valence-electron chi connectivity index (χ2n) is 6.35. The number of hydrogen-bond donors (Lipinski definition) is 2. The SMILES string of the molecule is CCN(CC(=O)NCc1ccc(F)cc1)CC(=O)Nc1sc(C)c(C)c1C#N. The first-order valence-electron chi connectivity index (χ1n) is 8.87. The van der Waals surface area contributed by atoms with Gasteiger partial charge >= 0.3 is 0 Å². The van der Waals surface area contributed by atoms with E-state index in [-0.39, 0.29) is 30.7 Å². The monoisotopic (exact) mass is 402 g/mol. The van der Waals surface area contributed by atoms with E-state index in [0.717, 1.165) is 16.0 Å². The van der Waals surface area contributed by atoms with E-state index in [1.54, 1.807) is 17.0 Å². The van der Waals surface area contributed by atoms with Crippen molar-refractivity contribution in [1.82, 2.24) is 10.2 Å². The molecule has 2 rings (SSSR count). The Morgan fingerprint density at radius 2 is 1.82 bits per heavy atom. The molecule has 0 spiro atoms. The molecule has 2 N–H and O–H groups in total. The Labute approximate surface area is 168 Å². The Kier molecular flexibility index (Phi) is 7.67. The van der Waals surface area contributed by atoms with Gasteiger partial charge in [0.25, 0.3) is 0 Å². The number of halogens is 1. The molecule has 148 valence electrons. The van der Waals surface area contributed by atoms with E-state index in [9.17, 15) is 19.2 Å². The molecule has 1 heterocycles. The molecule has 0 aliphatic carbocycles. The maximum atomic E-state index is 12.9. The Balaban J connectivity index is 1.86. The first kappa shape index (κ1) is 21.5. The summed E-state index contributed by atoms with van der Waals surface area (Å²) < 4.78 is 12.9. The van der Waals surface area contributed by atoms with Crippen LogP contribution in [0.3, 0.4) is 0 Å². The zero-order valence-electron chi connectivity index (χ0n) is 16.1. The van der Waals surface area contributed by atoms with Crippen molar-refractivity contribution in [3.05, 3.63) is 51.7 Å². The van der Waals surface area contributed by atoms with Crippen molar-refractivity contribution >= 4 is 28.2 Å². The van der Waals surface area contributed by atoms with Gasteiger partial charge in [-0.3, -0.25) is 14.5 Å². The van der Waals surface area contributed by atoms with E-state index in [1.807, 2.05) is 20.8 Å². The van der Waals surface area contributed by atoms with Crippen LogP contribution in [-0.2, 0) is 16.1 Å². The molecule has 0 unspecified atom stereocenters. The van der Waals surface area contributed by atoms with Crippen LogP contribution in [0, 0.1) is 31.0 Å². The van der Waals surface area contributed by atoms with Crippen LogP contribution < -0.4 is 10.6 Å². The van der Waals surface area contributed by atoms with Gasteiger partial charge in [-0.25, -0.2) is 4.39 Å². The van der Waals surface area contributed by atoms with Crippen LogP contribution in [0.1, 0.15) is 28.5 Å². The third-order valence-corrected chi connectivity index (χ3v) is 5.46. The van der Waals surface area contributed by atoms with Crippen LogP contribution in [0.25, 0.3) is 0 Å². The number of anilines is 1. The molecule has 6 nitrogen and oxygen atoms in total. The summed E-state index contributed by atoms with van der Waals surface area (Å²) in [5.74, 6) is -0.820. The topological polar surface area (TPSA) is 85.2 Å². The number of carbonyl (C=O) groups excluding carboxylic acids is 2. The normalized spacial score (nSPS) is 10.6. The molecule has 0 fully saturated rings. The molecular weight excluding hydrogens is 379 g/mol. The lowest BCUT2D eigenvalue weighted by Crippen LogP contribution is -2.40. The number of thiophene rings is 1. The molecule has 2 amide bonds. The lowest BCUT2D eigenvalue weighted by atomic mass is 10.2. The Hall–Kier alpha value is -2.76. The van der Waals surface area contributed by atoms with E-state index >= 15 is 0 Å². The average Bonchev–Trinajstić information content (AvgIpc) is 2.93. The molecule has 0 aliphatic heterocycles. The lowest BCUT2D eigenvalue weighted by Gasteiger charge is -2.19. The maximum Gasteiger partial charge on any atom is 0.239 e. The predicted octanol–water partition coefficient (Wildman–Crippen LogP) is 2.95. The molecule has 0 saturated heterocycles. The number of likely N-dealkylation sites (N-methyl/N-ethyl adjacent to an activating group) is 1. The number of nitrogens with one attached hydrogen (secondary N) is 2. The summed E-state index contributed by atoms with van der Waals surface area (Å²) in [6.45, 7) is 6.54. The number of amides is 2. The maximum absolute atomic E-state index is 12.9. The third-order valence-electron chi connectivity index (χ3n) is 4.33. The third kappa shape index (κ3) is 5.87. The fourth-order valence-electron chi connectivity index (χ4n) is 2.56. The summed E-state index contributed by atoms with van der Waals surface area (Å²) in [6, 6.07) is 8.02. The second kappa shape index (κ2) is 9.97. The van der Waals surface area contributed by atoms with Crippen molar-refractivity contribution in [1.29, 1.82) is 5.26 Å². The van der Waals surface area contributed by atoms with E-state index in [2.05, 4.69) is 16.7 Å². The predicted molar refractivity (Wildman–Crippen MR) is 107 cm³/mol. The molecule has 1 aromatic heterocycles. The van der Waals surface area contributed by atoms with Crippen LogP contribution in [0.15, 0.2) is 24.3 Å². The van der Waals surface area contributed by atoms with Gasteiger partial charge in [-0.2, -0.15) is 5.26 Å². The summed E-state index contributed by atoms with van der Waals surface area (Å²) in [7, 11) is 0. The van der Waals surface area contributed by atoms with Crippen molar-refractivity contribution in [2.24, 2.45) is 0 Å². The van der Waals surface area contributed by atoms with Crippen LogP contribution in [0.5, 0.6) is 0 Å². The Morgan fingerprint density at radius 1 is 1.18 bits per heavy atom. The number of hydrogen-bond acceptors (Lipinski definition) is 5. The summed E-state index contributed by atoms with van der Waals surface area (Å²) in [5, 5.41) is 15.3. The van der Waals surface area contributed by atoms with Crippen molar-refractivity contribution in [3.8, 4) is 6.07 Å². The van der Waals surface area contributed by atoms with Gasteiger partial charge in [0.05, 0.1) is 18.7 Å². The molecule has 0 radical (unpaired) electrons. The second-order valence-corrected chi connectivity index (χ2v) is 7.58. The number of carbonyl (C=O) groups is 2. The summed E-state index contributed by atoms with van der Waals surface area (Å²) >= 11 is 1.37. The molecule has 8 heteroatoms. The van der Waals surface area contributed by atoms with Crippen molar-refractivity contribution in [2.75, 3.05) is 25.0 Å². The van der Waals surface area contributed by atoms with Crippen LogP contribution >= 0.6 is 11.3 Å². The van der Waals surface area contributed by atoms with Crippen molar-refractivity contribution in [3.63, 3.8) is 0 Å². The van der Waals surface area contributed by atoms with E-state index in [4.69, 9.17) is 0 Å². The highest BCUT2D eigenvalue weighted by Crippen LogP contribution is 2.31. The smallest absolute Gasteiger partial charge is 0.239 e. The van der Waals surface area contributed by atoms with Gasteiger partial charge in [0.15, 0.2) is 0 Å². The lowest BCUT2D eigenvalue weighted by molar-refractivity contribution is -0.123. The molecule has 1 aromatic carbocycles. The van der Waals surface area contributed by atoms with Crippen molar-refractivity contribution in [2.45, 2.75) is 27.3 Å².